The third kappa shape index (κ3) is 9.44. The lowest BCUT2D eigenvalue weighted by Crippen LogP contribution is -2.20. The van der Waals surface area contributed by atoms with Crippen molar-refractivity contribution in [2.24, 2.45) is 0 Å². The zero-order chi connectivity index (χ0) is 56.1. The third-order valence-corrected chi connectivity index (χ3v) is 16.9. The van der Waals surface area contributed by atoms with E-state index in [-0.39, 0.29) is 6.04 Å². The Hall–Kier alpha value is -10.7. The fourth-order valence-corrected chi connectivity index (χ4v) is 12.8. The van der Waals surface area contributed by atoms with Gasteiger partial charge in [0.25, 0.3) is 0 Å². The number of nitrogens with zero attached hydrogens (tertiary/aromatic N) is 4. The predicted octanol–water partition coefficient (Wildman–Crippen LogP) is 21.9. The first kappa shape index (κ1) is 50.3. The Morgan fingerprint density at radius 1 is 0.310 bits per heavy atom. The molecule has 0 N–H and O–H groups in total. The highest BCUT2D eigenvalue weighted by Crippen LogP contribution is 2.50. The molecule has 0 saturated carbocycles. The number of benzene rings is 13. The molecule has 0 bridgehead atoms. The summed E-state index contributed by atoms with van der Waals surface area (Å²) in [5.41, 5.74) is 23.5. The SMILES string of the molecule is Cc1cccc(N(c2ccccc2)c2ccc(N3c4cc5cc(-c6ccc(-c7ccc8ccccc8c7)cc6)n(-c6ccc(N(c7ccccc7)c7cccc(C)c7)cc6)c5cc4CC3c3ccc(-c4ccc5ccccc5c4)cc3)cc2)c1. The van der Waals surface area contributed by atoms with Crippen LogP contribution < -0.4 is 14.7 Å². The standard InChI is InChI=1S/C80H60N4/c1-55-15-13-25-75(47-55)81(69-21-5-3-6-22-69)71-39-43-73(44-40-71)83-77(61-33-27-59(28-34-61)65-37-31-57-17-9-11-19-63(57)49-65)51-67-54-80-68(53-79(67)83)52-78(62-35-29-60(30-36-62)66-38-32-58-18-10-12-20-64(58)50-66)84(80)74-45-41-72(42-46-74)82(70-23-7-4-8-24-70)76-26-14-16-56(2)48-76/h3-51,53-54,78H,52H2,1-2H3. The molecule has 84 heavy (non-hydrogen) atoms. The van der Waals surface area contributed by atoms with E-state index in [1.807, 2.05) is 0 Å². The number of para-hydroxylation sites is 2. The van der Waals surface area contributed by atoms with Crippen LogP contribution in [0.1, 0.15) is 28.3 Å². The van der Waals surface area contributed by atoms with Gasteiger partial charge in [-0.05, 0) is 219 Å². The normalized spacial score (nSPS) is 12.9. The first-order chi connectivity index (χ1) is 41.4. The molecular formula is C80H60N4. The molecule has 400 valence electrons. The van der Waals surface area contributed by atoms with Crippen LogP contribution in [0.5, 0.6) is 0 Å². The second-order valence-electron chi connectivity index (χ2n) is 22.4. The summed E-state index contributed by atoms with van der Waals surface area (Å²) in [5, 5.41) is 6.17. The third-order valence-electron chi connectivity index (χ3n) is 16.9. The van der Waals surface area contributed by atoms with Gasteiger partial charge in [-0.2, -0.15) is 0 Å². The van der Waals surface area contributed by atoms with E-state index < -0.39 is 0 Å². The molecule has 4 heteroatoms. The summed E-state index contributed by atoms with van der Waals surface area (Å²) in [5.74, 6) is 0. The molecule has 0 saturated heterocycles. The molecule has 14 aromatic rings. The molecule has 2 heterocycles. The number of fused-ring (bicyclic) bond motifs is 4. The number of aromatic nitrogens is 1. The number of rotatable bonds is 12. The van der Waals surface area contributed by atoms with Gasteiger partial charge in [-0.15, -0.1) is 0 Å². The zero-order valence-electron chi connectivity index (χ0n) is 47.0. The average Bonchev–Trinajstić information content (AvgIpc) is 4.05. The van der Waals surface area contributed by atoms with Crippen LogP contribution in [0, 0.1) is 13.8 Å². The van der Waals surface area contributed by atoms with Gasteiger partial charge < -0.3 is 19.3 Å². The van der Waals surface area contributed by atoms with E-state index in [4.69, 9.17) is 0 Å². The van der Waals surface area contributed by atoms with E-state index in [0.29, 0.717) is 0 Å². The van der Waals surface area contributed by atoms with Gasteiger partial charge >= 0.3 is 0 Å². The maximum atomic E-state index is 2.59. The van der Waals surface area contributed by atoms with E-state index in [1.165, 1.54) is 82.6 Å². The molecule has 1 aliphatic heterocycles. The molecule has 0 amide bonds. The predicted molar refractivity (Wildman–Crippen MR) is 355 cm³/mol. The van der Waals surface area contributed by atoms with Crippen molar-refractivity contribution >= 4 is 77.9 Å². The Bertz CT molecular complexity index is 4700. The minimum Gasteiger partial charge on any atom is -0.333 e. The highest BCUT2D eigenvalue weighted by atomic mass is 15.2. The lowest BCUT2D eigenvalue weighted by molar-refractivity contribution is 0.743. The topological polar surface area (TPSA) is 14.7 Å². The van der Waals surface area contributed by atoms with Crippen molar-refractivity contribution in [1.29, 1.82) is 0 Å². The highest BCUT2D eigenvalue weighted by Gasteiger charge is 2.33. The van der Waals surface area contributed by atoms with Gasteiger partial charge in [0.2, 0.25) is 0 Å². The number of anilines is 8. The maximum absolute atomic E-state index is 2.59. The average molecular weight is 1080 g/mol. The minimum absolute atomic E-state index is 0.0467. The van der Waals surface area contributed by atoms with E-state index in [0.717, 1.165) is 63.2 Å². The fourth-order valence-electron chi connectivity index (χ4n) is 12.8. The molecule has 0 radical (unpaired) electrons. The summed E-state index contributed by atoms with van der Waals surface area (Å²) in [6, 6.07) is 114. The molecule has 15 rings (SSSR count). The molecule has 1 unspecified atom stereocenters. The molecule has 13 aromatic carbocycles. The number of aryl methyl sites for hydroxylation is 2. The van der Waals surface area contributed by atoms with Crippen LogP contribution in [-0.4, -0.2) is 4.57 Å². The smallest absolute Gasteiger partial charge is 0.0632 e. The summed E-state index contributed by atoms with van der Waals surface area (Å²) in [6.45, 7) is 4.32. The van der Waals surface area contributed by atoms with Crippen LogP contribution in [-0.2, 0) is 6.42 Å². The van der Waals surface area contributed by atoms with Gasteiger partial charge in [-0.3, -0.25) is 0 Å². The van der Waals surface area contributed by atoms with Crippen molar-refractivity contribution in [2.45, 2.75) is 26.3 Å². The van der Waals surface area contributed by atoms with Crippen molar-refractivity contribution in [1.82, 2.24) is 4.57 Å². The summed E-state index contributed by atoms with van der Waals surface area (Å²) in [7, 11) is 0. The number of hydrogen-bond donors (Lipinski definition) is 0. The summed E-state index contributed by atoms with van der Waals surface area (Å²) >= 11 is 0. The van der Waals surface area contributed by atoms with Crippen molar-refractivity contribution in [3.63, 3.8) is 0 Å². The van der Waals surface area contributed by atoms with Gasteiger partial charge in [0.05, 0.1) is 17.3 Å². The Kier molecular flexibility index (Phi) is 12.8. The number of hydrogen-bond acceptors (Lipinski definition) is 3. The van der Waals surface area contributed by atoms with E-state index >= 15 is 0 Å². The van der Waals surface area contributed by atoms with Crippen LogP contribution in [0.15, 0.2) is 309 Å². The second kappa shape index (κ2) is 21.3. The summed E-state index contributed by atoms with van der Waals surface area (Å²) in [6.07, 6.45) is 0.838. The Labute approximate surface area is 491 Å². The van der Waals surface area contributed by atoms with Crippen molar-refractivity contribution in [3.8, 4) is 39.2 Å². The molecule has 1 aromatic heterocycles. The van der Waals surface area contributed by atoms with Crippen LogP contribution in [0.4, 0.5) is 45.5 Å². The Balaban J connectivity index is 0.867. The summed E-state index contributed by atoms with van der Waals surface area (Å²) in [4.78, 5) is 7.30. The Morgan fingerprint density at radius 2 is 0.750 bits per heavy atom. The maximum Gasteiger partial charge on any atom is 0.0632 e. The largest absolute Gasteiger partial charge is 0.333 e. The van der Waals surface area contributed by atoms with Gasteiger partial charge in [0, 0.05) is 56.6 Å². The van der Waals surface area contributed by atoms with Gasteiger partial charge in [0.15, 0.2) is 0 Å². The molecule has 1 aliphatic rings. The van der Waals surface area contributed by atoms with Crippen LogP contribution >= 0.6 is 0 Å². The van der Waals surface area contributed by atoms with Crippen molar-refractivity contribution in [2.75, 3.05) is 14.7 Å². The van der Waals surface area contributed by atoms with E-state index in [1.54, 1.807) is 0 Å². The minimum atomic E-state index is 0.0467. The van der Waals surface area contributed by atoms with Gasteiger partial charge in [0.1, 0.15) is 0 Å². The van der Waals surface area contributed by atoms with Crippen molar-refractivity contribution < 1.29 is 0 Å². The first-order valence-electron chi connectivity index (χ1n) is 29.1. The second-order valence-corrected chi connectivity index (χ2v) is 22.4. The van der Waals surface area contributed by atoms with Gasteiger partial charge in [-0.1, -0.05) is 182 Å². The molecular weight excluding hydrogens is 1020 g/mol. The van der Waals surface area contributed by atoms with Crippen LogP contribution in [0.2, 0.25) is 0 Å². The first-order valence-corrected chi connectivity index (χ1v) is 29.1. The van der Waals surface area contributed by atoms with E-state index in [2.05, 4.69) is 342 Å². The fraction of sp³-hybridized carbons (Fsp3) is 0.0500. The monoisotopic (exact) mass is 1080 g/mol. The molecule has 4 nitrogen and oxygen atoms in total. The highest BCUT2D eigenvalue weighted by molar-refractivity contribution is 5.96. The zero-order valence-corrected chi connectivity index (χ0v) is 47.0. The molecule has 0 fully saturated rings. The van der Waals surface area contributed by atoms with Crippen LogP contribution in [0.3, 0.4) is 0 Å². The summed E-state index contributed by atoms with van der Waals surface area (Å²) < 4.78 is 2.48. The lowest BCUT2D eigenvalue weighted by Gasteiger charge is -2.30. The molecule has 0 aliphatic carbocycles. The van der Waals surface area contributed by atoms with Crippen LogP contribution in [0.25, 0.3) is 71.6 Å². The molecule has 0 spiro atoms. The van der Waals surface area contributed by atoms with E-state index in [9.17, 15) is 0 Å². The van der Waals surface area contributed by atoms with Crippen molar-refractivity contribution in [3.05, 3.63) is 332 Å². The molecule has 1 atom stereocenters. The van der Waals surface area contributed by atoms with Gasteiger partial charge in [-0.25, -0.2) is 0 Å². The lowest BCUT2D eigenvalue weighted by atomic mass is 9.97. The quantitative estimate of drug-likeness (QED) is 0.121. The Morgan fingerprint density at radius 3 is 1.27 bits per heavy atom.